The molecule has 3 aromatic heterocycles. The predicted octanol–water partition coefficient (Wildman–Crippen LogP) is 5.11. The number of benzene rings is 1. The van der Waals surface area contributed by atoms with E-state index in [2.05, 4.69) is 19.9 Å². The van der Waals surface area contributed by atoms with E-state index in [1.165, 1.54) is 6.33 Å². The topological polar surface area (TPSA) is 94.0 Å². The van der Waals surface area contributed by atoms with Crippen LogP contribution >= 0.6 is 0 Å². The number of nitrogens with zero attached hydrogens (tertiary/aromatic N) is 6. The van der Waals surface area contributed by atoms with Crippen molar-refractivity contribution in [2.45, 2.75) is 39.2 Å². The molecule has 0 radical (unpaired) electrons. The van der Waals surface area contributed by atoms with Crippen molar-refractivity contribution in [3.8, 4) is 22.9 Å². The molecule has 5 rings (SSSR count). The van der Waals surface area contributed by atoms with Crippen molar-refractivity contribution in [1.82, 2.24) is 29.8 Å². The molecule has 8 heteroatoms. The lowest BCUT2D eigenvalue weighted by atomic mass is 10.0. The standard InChI is InChI=1S/C27H26N6O2/c1-18-9-11-21(12-10-18)35-25-14-19(2)30-26(32-25)24-8-3-4-13-33(24)27(34)23-7-5-6-22(31-23)20-15-28-17-29-16-20/h5-7,9-12,14-17,24H,3-4,8,13H2,1-2H3. The number of carbonyl (C=O) groups excluding carboxylic acids is 1. The molecule has 4 heterocycles. The van der Waals surface area contributed by atoms with Crippen LogP contribution in [0.5, 0.6) is 11.6 Å². The number of carbonyl (C=O) groups is 1. The predicted molar refractivity (Wildman–Crippen MR) is 131 cm³/mol. The summed E-state index contributed by atoms with van der Waals surface area (Å²) < 4.78 is 6.01. The summed E-state index contributed by atoms with van der Waals surface area (Å²) in [6.45, 7) is 4.56. The summed E-state index contributed by atoms with van der Waals surface area (Å²) in [5, 5.41) is 0. The zero-order valence-corrected chi connectivity index (χ0v) is 19.8. The maximum absolute atomic E-state index is 13.6. The number of hydrogen-bond donors (Lipinski definition) is 0. The highest BCUT2D eigenvalue weighted by Crippen LogP contribution is 2.32. The normalized spacial score (nSPS) is 15.6. The first-order valence-corrected chi connectivity index (χ1v) is 11.7. The van der Waals surface area contributed by atoms with E-state index in [0.717, 1.165) is 36.1 Å². The van der Waals surface area contributed by atoms with Gasteiger partial charge in [-0.2, -0.15) is 4.98 Å². The Morgan fingerprint density at radius 1 is 0.971 bits per heavy atom. The highest BCUT2D eigenvalue weighted by atomic mass is 16.5. The molecule has 1 aliphatic rings. The first-order chi connectivity index (χ1) is 17.1. The third kappa shape index (κ3) is 5.16. The summed E-state index contributed by atoms with van der Waals surface area (Å²) in [6.07, 6.45) is 7.54. The Balaban J connectivity index is 1.42. The molecule has 1 amide bonds. The van der Waals surface area contributed by atoms with Crippen LogP contribution in [0.25, 0.3) is 11.3 Å². The zero-order valence-electron chi connectivity index (χ0n) is 19.8. The largest absolute Gasteiger partial charge is 0.439 e. The quantitative estimate of drug-likeness (QED) is 0.404. The molecule has 0 spiro atoms. The van der Waals surface area contributed by atoms with Gasteiger partial charge in [0.2, 0.25) is 5.88 Å². The van der Waals surface area contributed by atoms with Gasteiger partial charge in [0.1, 0.15) is 17.8 Å². The van der Waals surface area contributed by atoms with E-state index in [1.54, 1.807) is 18.5 Å². The Morgan fingerprint density at radius 3 is 2.57 bits per heavy atom. The lowest BCUT2D eigenvalue weighted by molar-refractivity contribution is 0.0592. The maximum Gasteiger partial charge on any atom is 0.273 e. The van der Waals surface area contributed by atoms with Gasteiger partial charge in [-0.15, -0.1) is 0 Å². The van der Waals surface area contributed by atoms with E-state index in [4.69, 9.17) is 9.72 Å². The molecule has 0 aliphatic carbocycles. The van der Waals surface area contributed by atoms with Gasteiger partial charge in [0, 0.05) is 36.3 Å². The first kappa shape index (κ1) is 22.6. The fraction of sp³-hybridized carbons (Fsp3) is 0.259. The first-order valence-electron chi connectivity index (χ1n) is 11.7. The van der Waals surface area contributed by atoms with Gasteiger partial charge in [-0.05, 0) is 57.4 Å². The van der Waals surface area contributed by atoms with Gasteiger partial charge in [0.25, 0.3) is 5.91 Å². The number of aryl methyl sites for hydroxylation is 2. The summed E-state index contributed by atoms with van der Waals surface area (Å²) in [7, 11) is 0. The van der Waals surface area contributed by atoms with Gasteiger partial charge in [-0.1, -0.05) is 23.8 Å². The van der Waals surface area contributed by atoms with Gasteiger partial charge >= 0.3 is 0 Å². The monoisotopic (exact) mass is 466 g/mol. The molecule has 176 valence electrons. The Kier molecular flexibility index (Phi) is 6.43. The molecule has 1 fully saturated rings. The van der Waals surface area contributed by atoms with E-state index in [1.807, 2.05) is 61.2 Å². The summed E-state index contributed by atoms with van der Waals surface area (Å²) >= 11 is 0. The van der Waals surface area contributed by atoms with Crippen LogP contribution in [-0.2, 0) is 0 Å². The Bertz CT molecular complexity index is 1330. The second kappa shape index (κ2) is 9.97. The highest BCUT2D eigenvalue weighted by Gasteiger charge is 2.32. The number of aromatic nitrogens is 5. The van der Waals surface area contributed by atoms with Crippen LogP contribution in [0.1, 0.15) is 52.9 Å². The lowest BCUT2D eigenvalue weighted by Crippen LogP contribution is -2.39. The molecule has 4 aromatic rings. The van der Waals surface area contributed by atoms with Crippen LogP contribution in [0.2, 0.25) is 0 Å². The molecule has 1 aliphatic heterocycles. The number of pyridine rings is 1. The Hall–Kier alpha value is -4.20. The average Bonchev–Trinajstić information content (AvgIpc) is 2.90. The fourth-order valence-electron chi connectivity index (χ4n) is 4.23. The number of ether oxygens (including phenoxy) is 1. The van der Waals surface area contributed by atoms with E-state index < -0.39 is 0 Å². The third-order valence-corrected chi connectivity index (χ3v) is 5.98. The van der Waals surface area contributed by atoms with E-state index in [0.29, 0.717) is 35.4 Å². The van der Waals surface area contributed by atoms with Crippen LogP contribution in [0, 0.1) is 13.8 Å². The molecule has 1 saturated heterocycles. The minimum Gasteiger partial charge on any atom is -0.439 e. The van der Waals surface area contributed by atoms with Crippen LogP contribution in [-0.4, -0.2) is 42.3 Å². The van der Waals surface area contributed by atoms with Gasteiger partial charge in [0.05, 0.1) is 11.7 Å². The molecule has 1 atom stereocenters. The van der Waals surface area contributed by atoms with E-state index in [-0.39, 0.29) is 11.9 Å². The average molecular weight is 467 g/mol. The summed E-state index contributed by atoms with van der Waals surface area (Å²) in [4.78, 5) is 37.5. The lowest BCUT2D eigenvalue weighted by Gasteiger charge is -2.34. The zero-order chi connectivity index (χ0) is 24.2. The van der Waals surface area contributed by atoms with Crippen LogP contribution in [0.3, 0.4) is 0 Å². The Morgan fingerprint density at radius 2 is 1.77 bits per heavy atom. The van der Waals surface area contributed by atoms with Gasteiger partial charge in [-0.3, -0.25) is 4.79 Å². The molecule has 0 N–H and O–H groups in total. The molecular weight excluding hydrogens is 440 g/mol. The second-order valence-corrected chi connectivity index (χ2v) is 8.67. The van der Waals surface area contributed by atoms with Crippen LogP contribution < -0.4 is 4.74 Å². The van der Waals surface area contributed by atoms with Crippen LogP contribution in [0.4, 0.5) is 0 Å². The molecule has 0 bridgehead atoms. The minimum atomic E-state index is -0.248. The number of piperidine rings is 1. The molecule has 1 unspecified atom stereocenters. The molecule has 35 heavy (non-hydrogen) atoms. The second-order valence-electron chi connectivity index (χ2n) is 8.67. The van der Waals surface area contributed by atoms with Crippen molar-refractivity contribution in [2.75, 3.05) is 6.54 Å². The summed E-state index contributed by atoms with van der Waals surface area (Å²) in [5.74, 6) is 1.63. The highest BCUT2D eigenvalue weighted by molar-refractivity contribution is 5.93. The van der Waals surface area contributed by atoms with Crippen molar-refractivity contribution in [3.05, 3.63) is 90.0 Å². The summed E-state index contributed by atoms with van der Waals surface area (Å²) in [6, 6.07) is 14.8. The van der Waals surface area contributed by atoms with Crippen molar-refractivity contribution >= 4 is 5.91 Å². The Labute approximate surface area is 204 Å². The van der Waals surface area contributed by atoms with Crippen LogP contribution in [0.15, 0.2) is 67.3 Å². The van der Waals surface area contributed by atoms with E-state index >= 15 is 0 Å². The number of amides is 1. The minimum absolute atomic E-state index is 0.139. The van der Waals surface area contributed by atoms with Gasteiger partial charge in [-0.25, -0.2) is 19.9 Å². The van der Waals surface area contributed by atoms with Gasteiger partial charge in [0.15, 0.2) is 5.82 Å². The molecule has 0 saturated carbocycles. The van der Waals surface area contributed by atoms with Gasteiger partial charge < -0.3 is 9.64 Å². The molecular formula is C27H26N6O2. The molecule has 8 nitrogen and oxygen atoms in total. The fourth-order valence-corrected chi connectivity index (χ4v) is 4.23. The van der Waals surface area contributed by atoms with E-state index in [9.17, 15) is 4.79 Å². The third-order valence-electron chi connectivity index (χ3n) is 5.98. The maximum atomic E-state index is 13.6. The van der Waals surface area contributed by atoms with Crippen molar-refractivity contribution in [2.24, 2.45) is 0 Å². The smallest absolute Gasteiger partial charge is 0.273 e. The number of likely N-dealkylation sites (tertiary alicyclic amines) is 1. The SMILES string of the molecule is Cc1ccc(Oc2cc(C)nc(C3CCCCN3C(=O)c3cccc(-c4cncnc4)n3)n2)cc1. The van der Waals surface area contributed by atoms with Crippen molar-refractivity contribution in [1.29, 1.82) is 0 Å². The number of hydrogen-bond acceptors (Lipinski definition) is 7. The summed E-state index contributed by atoms with van der Waals surface area (Å²) in [5.41, 5.74) is 3.75. The van der Waals surface area contributed by atoms with Crippen molar-refractivity contribution in [3.63, 3.8) is 0 Å². The number of rotatable bonds is 5. The molecule has 1 aromatic carbocycles. The van der Waals surface area contributed by atoms with Crippen molar-refractivity contribution < 1.29 is 9.53 Å².